The molecule has 196 valence electrons. The first-order valence-corrected chi connectivity index (χ1v) is 13.4. The number of carbonyl (C=O) groups excluding carboxylic acids is 3. The SMILES string of the molecule is COc1ccccc1C(=O)N[C@@H](CC(C)C)C(=O)N[C@@H](Cc1ccccc1)C(=O)CSCc1ccco1. The molecule has 8 heteroatoms. The van der Waals surface area contributed by atoms with E-state index in [2.05, 4.69) is 10.6 Å². The Hall–Kier alpha value is -3.52. The van der Waals surface area contributed by atoms with Gasteiger partial charge in [0.2, 0.25) is 5.91 Å². The highest BCUT2D eigenvalue weighted by molar-refractivity contribution is 7.99. The molecule has 0 saturated heterocycles. The summed E-state index contributed by atoms with van der Waals surface area (Å²) in [4.78, 5) is 39.7. The van der Waals surface area contributed by atoms with Crippen LogP contribution in [0.1, 0.15) is 41.9 Å². The summed E-state index contributed by atoms with van der Waals surface area (Å²) < 4.78 is 10.6. The van der Waals surface area contributed by atoms with E-state index in [0.29, 0.717) is 29.9 Å². The second-order valence-electron chi connectivity index (χ2n) is 9.15. The zero-order valence-corrected chi connectivity index (χ0v) is 22.3. The zero-order valence-electron chi connectivity index (χ0n) is 21.4. The molecule has 37 heavy (non-hydrogen) atoms. The fraction of sp³-hybridized carbons (Fsp3) is 0.345. The zero-order chi connectivity index (χ0) is 26.6. The summed E-state index contributed by atoms with van der Waals surface area (Å²) in [6, 6.07) is 18.6. The third-order valence-corrected chi connectivity index (χ3v) is 6.71. The van der Waals surface area contributed by atoms with E-state index in [1.54, 1.807) is 30.5 Å². The second kappa shape index (κ2) is 14.3. The number of methoxy groups -OCH3 is 1. The number of nitrogens with one attached hydrogen (secondary N) is 2. The molecule has 3 rings (SSSR count). The summed E-state index contributed by atoms with van der Waals surface area (Å²) >= 11 is 1.44. The highest BCUT2D eigenvalue weighted by Crippen LogP contribution is 2.18. The number of hydrogen-bond acceptors (Lipinski definition) is 6. The number of para-hydroxylation sites is 1. The summed E-state index contributed by atoms with van der Waals surface area (Å²) in [6.45, 7) is 3.96. The van der Waals surface area contributed by atoms with Crippen LogP contribution in [0.5, 0.6) is 5.75 Å². The van der Waals surface area contributed by atoms with Gasteiger partial charge in [0.15, 0.2) is 5.78 Å². The molecule has 2 N–H and O–H groups in total. The molecular formula is C29H34N2O5S. The van der Waals surface area contributed by atoms with Gasteiger partial charge in [-0.3, -0.25) is 14.4 Å². The van der Waals surface area contributed by atoms with Crippen LogP contribution in [0.3, 0.4) is 0 Å². The average Bonchev–Trinajstić information content (AvgIpc) is 3.41. The highest BCUT2D eigenvalue weighted by Gasteiger charge is 2.28. The number of ether oxygens (including phenoxy) is 1. The maximum atomic E-state index is 13.4. The van der Waals surface area contributed by atoms with Gasteiger partial charge in [0, 0.05) is 0 Å². The summed E-state index contributed by atoms with van der Waals surface area (Å²) in [5.74, 6) is 1.26. The number of hydrogen-bond donors (Lipinski definition) is 2. The Kier molecular flexibility index (Phi) is 10.8. The Morgan fingerprint density at radius 2 is 1.65 bits per heavy atom. The van der Waals surface area contributed by atoms with E-state index in [-0.39, 0.29) is 23.4 Å². The maximum absolute atomic E-state index is 13.4. The monoisotopic (exact) mass is 522 g/mol. The van der Waals surface area contributed by atoms with Crippen molar-refractivity contribution < 1.29 is 23.5 Å². The molecule has 0 bridgehead atoms. The fourth-order valence-corrected chi connectivity index (χ4v) is 4.76. The first-order chi connectivity index (χ1) is 17.9. The Morgan fingerprint density at radius 3 is 2.32 bits per heavy atom. The molecule has 0 saturated carbocycles. The van der Waals surface area contributed by atoms with Gasteiger partial charge in [0.25, 0.3) is 5.91 Å². The third kappa shape index (κ3) is 8.82. The number of rotatable bonds is 14. The van der Waals surface area contributed by atoms with Gasteiger partial charge in [-0.2, -0.15) is 0 Å². The van der Waals surface area contributed by atoms with Gasteiger partial charge in [-0.25, -0.2) is 0 Å². The van der Waals surface area contributed by atoms with Crippen molar-refractivity contribution in [1.82, 2.24) is 10.6 Å². The highest BCUT2D eigenvalue weighted by atomic mass is 32.2. The minimum atomic E-state index is -0.806. The number of benzene rings is 2. The van der Waals surface area contributed by atoms with E-state index in [1.807, 2.05) is 56.3 Å². The smallest absolute Gasteiger partial charge is 0.255 e. The lowest BCUT2D eigenvalue weighted by atomic mass is 9.99. The van der Waals surface area contributed by atoms with Crippen molar-refractivity contribution >= 4 is 29.4 Å². The van der Waals surface area contributed by atoms with Crippen molar-refractivity contribution in [2.75, 3.05) is 12.9 Å². The molecule has 7 nitrogen and oxygen atoms in total. The number of thioether (sulfide) groups is 1. The minimum Gasteiger partial charge on any atom is -0.496 e. The van der Waals surface area contributed by atoms with Gasteiger partial charge in [-0.05, 0) is 48.6 Å². The lowest BCUT2D eigenvalue weighted by molar-refractivity contribution is -0.128. The molecular weight excluding hydrogens is 488 g/mol. The standard InChI is InChI=1S/C29H34N2O5S/c1-20(2)16-25(31-28(33)23-13-7-8-14-27(23)35-3)29(34)30-24(17-21-10-5-4-6-11-21)26(32)19-37-18-22-12-9-15-36-22/h4-15,20,24-25H,16-19H2,1-3H3,(H,30,34)(H,31,33)/t24-,25-/m0/s1. The molecule has 0 fully saturated rings. The lowest BCUT2D eigenvalue weighted by Crippen LogP contribution is -2.53. The van der Waals surface area contributed by atoms with Crippen LogP contribution in [0.4, 0.5) is 0 Å². The first-order valence-electron chi connectivity index (χ1n) is 12.3. The lowest BCUT2D eigenvalue weighted by Gasteiger charge is -2.24. The van der Waals surface area contributed by atoms with Crippen LogP contribution in [-0.2, 0) is 21.8 Å². The quantitative estimate of drug-likeness (QED) is 0.320. The number of amides is 2. The van der Waals surface area contributed by atoms with Crippen LogP contribution >= 0.6 is 11.8 Å². The number of ketones is 1. The Labute approximate surface area is 222 Å². The third-order valence-electron chi connectivity index (χ3n) is 5.74. The predicted octanol–water partition coefficient (Wildman–Crippen LogP) is 4.66. The second-order valence-corrected chi connectivity index (χ2v) is 10.1. The molecule has 2 amide bonds. The van der Waals surface area contributed by atoms with E-state index in [4.69, 9.17) is 9.15 Å². The molecule has 0 radical (unpaired) electrons. The van der Waals surface area contributed by atoms with Gasteiger partial charge in [0.05, 0.1) is 36.5 Å². The summed E-state index contributed by atoms with van der Waals surface area (Å²) in [5.41, 5.74) is 1.29. The summed E-state index contributed by atoms with van der Waals surface area (Å²) in [5, 5.41) is 5.78. The van der Waals surface area contributed by atoms with Crippen LogP contribution in [0, 0.1) is 5.92 Å². The molecule has 0 aliphatic heterocycles. The van der Waals surface area contributed by atoms with Crippen LogP contribution in [0.15, 0.2) is 77.4 Å². The van der Waals surface area contributed by atoms with E-state index in [1.165, 1.54) is 18.9 Å². The summed E-state index contributed by atoms with van der Waals surface area (Å²) in [6.07, 6.45) is 2.39. The number of carbonyl (C=O) groups is 3. The maximum Gasteiger partial charge on any atom is 0.255 e. The molecule has 3 aromatic rings. The molecule has 2 atom stereocenters. The first kappa shape index (κ1) is 28.1. The largest absolute Gasteiger partial charge is 0.496 e. The Balaban J connectivity index is 1.73. The van der Waals surface area contributed by atoms with Gasteiger partial charge in [0.1, 0.15) is 17.6 Å². The molecule has 0 aliphatic carbocycles. The number of Topliss-reactive ketones (excluding diaryl/α,β-unsaturated/α-hetero) is 1. The molecule has 0 unspecified atom stereocenters. The van der Waals surface area contributed by atoms with Crippen LogP contribution in [-0.4, -0.2) is 42.5 Å². The van der Waals surface area contributed by atoms with E-state index in [9.17, 15) is 14.4 Å². The molecule has 1 aromatic heterocycles. The average molecular weight is 523 g/mol. The Morgan fingerprint density at radius 1 is 0.919 bits per heavy atom. The van der Waals surface area contributed by atoms with E-state index < -0.39 is 18.0 Å². The van der Waals surface area contributed by atoms with Crippen LogP contribution in [0.2, 0.25) is 0 Å². The Bertz CT molecular complexity index is 1150. The topological polar surface area (TPSA) is 97.6 Å². The van der Waals surface area contributed by atoms with Crippen molar-refractivity contribution in [2.24, 2.45) is 5.92 Å². The van der Waals surface area contributed by atoms with Crippen LogP contribution in [0.25, 0.3) is 0 Å². The van der Waals surface area contributed by atoms with Gasteiger partial charge in [-0.15, -0.1) is 11.8 Å². The van der Waals surface area contributed by atoms with Crippen molar-refractivity contribution in [3.63, 3.8) is 0 Å². The number of furan rings is 1. The van der Waals surface area contributed by atoms with Crippen molar-refractivity contribution in [3.8, 4) is 5.75 Å². The van der Waals surface area contributed by atoms with Crippen molar-refractivity contribution in [1.29, 1.82) is 0 Å². The van der Waals surface area contributed by atoms with E-state index >= 15 is 0 Å². The molecule has 1 heterocycles. The minimum absolute atomic E-state index is 0.0897. The van der Waals surface area contributed by atoms with Gasteiger partial charge < -0.3 is 19.8 Å². The molecule has 0 aliphatic rings. The van der Waals surface area contributed by atoms with E-state index in [0.717, 1.165) is 11.3 Å². The van der Waals surface area contributed by atoms with Gasteiger partial charge in [-0.1, -0.05) is 56.3 Å². The van der Waals surface area contributed by atoms with Crippen molar-refractivity contribution in [2.45, 2.75) is 44.5 Å². The van der Waals surface area contributed by atoms with Crippen molar-refractivity contribution in [3.05, 3.63) is 89.9 Å². The fourth-order valence-electron chi connectivity index (χ4n) is 3.89. The predicted molar refractivity (Wildman–Crippen MR) is 146 cm³/mol. The van der Waals surface area contributed by atoms with Crippen LogP contribution < -0.4 is 15.4 Å². The molecule has 0 spiro atoms. The summed E-state index contributed by atoms with van der Waals surface area (Å²) in [7, 11) is 1.49. The normalized spacial score (nSPS) is 12.5. The molecule has 2 aromatic carbocycles. The van der Waals surface area contributed by atoms with Gasteiger partial charge >= 0.3 is 0 Å².